The van der Waals surface area contributed by atoms with E-state index < -0.39 is 12.2 Å². The van der Waals surface area contributed by atoms with Crippen LogP contribution in [-0.4, -0.2) is 12.7 Å². The SMILES string of the molecule is CCNC(c1cccc(C)c1C)C(F)(F)F. The van der Waals surface area contributed by atoms with Gasteiger partial charge in [0.2, 0.25) is 0 Å². The van der Waals surface area contributed by atoms with Gasteiger partial charge in [-0.1, -0.05) is 25.1 Å². The van der Waals surface area contributed by atoms with Gasteiger partial charge in [0, 0.05) is 0 Å². The van der Waals surface area contributed by atoms with Crippen LogP contribution in [0.5, 0.6) is 0 Å². The van der Waals surface area contributed by atoms with E-state index in [2.05, 4.69) is 5.32 Å². The van der Waals surface area contributed by atoms with Crippen LogP contribution < -0.4 is 5.32 Å². The molecule has 0 saturated carbocycles. The zero-order valence-corrected chi connectivity index (χ0v) is 9.65. The van der Waals surface area contributed by atoms with Crippen molar-refractivity contribution < 1.29 is 13.2 Å². The molecule has 1 atom stereocenters. The van der Waals surface area contributed by atoms with Crippen LogP contribution in [-0.2, 0) is 0 Å². The largest absolute Gasteiger partial charge is 0.407 e. The van der Waals surface area contributed by atoms with Crippen molar-refractivity contribution in [1.29, 1.82) is 0 Å². The lowest BCUT2D eigenvalue weighted by atomic mass is 9.97. The molecule has 0 aliphatic heterocycles. The highest BCUT2D eigenvalue weighted by molar-refractivity contribution is 5.36. The molecule has 0 aliphatic carbocycles. The highest BCUT2D eigenvalue weighted by atomic mass is 19.4. The number of benzene rings is 1. The molecule has 0 amide bonds. The fourth-order valence-corrected chi connectivity index (χ4v) is 1.69. The van der Waals surface area contributed by atoms with E-state index in [0.29, 0.717) is 11.1 Å². The van der Waals surface area contributed by atoms with Crippen molar-refractivity contribution in [2.75, 3.05) is 6.54 Å². The van der Waals surface area contributed by atoms with E-state index in [1.807, 2.05) is 13.0 Å². The van der Waals surface area contributed by atoms with E-state index >= 15 is 0 Å². The third-order valence-corrected chi connectivity index (χ3v) is 2.69. The van der Waals surface area contributed by atoms with Crippen LogP contribution in [0.4, 0.5) is 13.2 Å². The van der Waals surface area contributed by atoms with Gasteiger partial charge in [0.25, 0.3) is 0 Å². The summed E-state index contributed by atoms with van der Waals surface area (Å²) in [5.74, 6) is 0. The van der Waals surface area contributed by atoms with Gasteiger partial charge in [-0.2, -0.15) is 13.2 Å². The predicted molar refractivity (Wildman–Crippen MR) is 58.4 cm³/mol. The highest BCUT2D eigenvalue weighted by Crippen LogP contribution is 2.34. The van der Waals surface area contributed by atoms with Crippen molar-refractivity contribution in [3.63, 3.8) is 0 Å². The van der Waals surface area contributed by atoms with E-state index in [0.717, 1.165) is 5.56 Å². The van der Waals surface area contributed by atoms with Crippen LogP contribution in [0, 0.1) is 13.8 Å². The number of hydrogen-bond acceptors (Lipinski definition) is 1. The minimum Gasteiger partial charge on any atom is -0.303 e. The summed E-state index contributed by atoms with van der Waals surface area (Å²) in [6, 6.07) is 3.44. The lowest BCUT2D eigenvalue weighted by Gasteiger charge is -2.23. The van der Waals surface area contributed by atoms with Gasteiger partial charge in [-0.3, -0.25) is 0 Å². The van der Waals surface area contributed by atoms with Gasteiger partial charge in [-0.05, 0) is 37.1 Å². The lowest BCUT2D eigenvalue weighted by molar-refractivity contribution is -0.157. The molecular formula is C12H16F3N. The molecule has 1 rings (SSSR count). The Kier molecular flexibility index (Phi) is 3.97. The van der Waals surface area contributed by atoms with Crippen molar-refractivity contribution in [3.05, 3.63) is 34.9 Å². The third-order valence-electron chi connectivity index (χ3n) is 2.69. The molecule has 1 unspecified atom stereocenters. The van der Waals surface area contributed by atoms with Crippen molar-refractivity contribution in [3.8, 4) is 0 Å². The first-order chi connectivity index (χ1) is 7.38. The Labute approximate surface area is 93.7 Å². The van der Waals surface area contributed by atoms with Crippen LogP contribution in [0.15, 0.2) is 18.2 Å². The zero-order chi connectivity index (χ0) is 12.3. The molecule has 1 nitrogen and oxygen atoms in total. The van der Waals surface area contributed by atoms with E-state index in [-0.39, 0.29) is 6.54 Å². The highest BCUT2D eigenvalue weighted by Gasteiger charge is 2.40. The molecule has 1 aromatic rings. The summed E-state index contributed by atoms with van der Waals surface area (Å²) in [5, 5.41) is 2.48. The molecule has 0 radical (unpaired) electrons. The van der Waals surface area contributed by atoms with Crippen LogP contribution >= 0.6 is 0 Å². The van der Waals surface area contributed by atoms with Crippen LogP contribution in [0.1, 0.15) is 29.7 Å². The van der Waals surface area contributed by atoms with Crippen molar-refractivity contribution in [2.24, 2.45) is 0 Å². The molecule has 4 heteroatoms. The number of hydrogen-bond donors (Lipinski definition) is 1. The first kappa shape index (κ1) is 13.0. The van der Waals surface area contributed by atoms with Crippen molar-refractivity contribution in [2.45, 2.75) is 33.0 Å². The summed E-state index contributed by atoms with van der Waals surface area (Å²) in [6.07, 6.45) is -4.26. The first-order valence-corrected chi connectivity index (χ1v) is 5.24. The second kappa shape index (κ2) is 4.87. The monoisotopic (exact) mass is 231 g/mol. The van der Waals surface area contributed by atoms with Gasteiger partial charge in [0.1, 0.15) is 6.04 Å². The van der Waals surface area contributed by atoms with Crippen molar-refractivity contribution in [1.82, 2.24) is 5.32 Å². The van der Waals surface area contributed by atoms with Crippen LogP contribution in [0.3, 0.4) is 0 Å². The Bertz CT molecular complexity index is 358. The number of rotatable bonds is 3. The van der Waals surface area contributed by atoms with E-state index in [1.165, 1.54) is 6.07 Å². The number of alkyl halides is 3. The van der Waals surface area contributed by atoms with Crippen LogP contribution in [0.2, 0.25) is 0 Å². The van der Waals surface area contributed by atoms with Gasteiger partial charge in [0.15, 0.2) is 0 Å². The average molecular weight is 231 g/mol. The maximum absolute atomic E-state index is 12.8. The molecule has 0 aliphatic rings. The maximum atomic E-state index is 12.8. The second-order valence-corrected chi connectivity index (χ2v) is 3.82. The van der Waals surface area contributed by atoms with Gasteiger partial charge in [0.05, 0.1) is 0 Å². The molecule has 1 N–H and O–H groups in total. The number of halogens is 3. The summed E-state index contributed by atoms with van der Waals surface area (Å²) in [6.45, 7) is 5.50. The minimum atomic E-state index is -4.26. The number of nitrogens with one attached hydrogen (secondary N) is 1. The molecular weight excluding hydrogens is 215 g/mol. The van der Waals surface area contributed by atoms with Crippen molar-refractivity contribution >= 4 is 0 Å². The van der Waals surface area contributed by atoms with E-state index in [9.17, 15) is 13.2 Å². The fourth-order valence-electron chi connectivity index (χ4n) is 1.69. The summed E-state index contributed by atoms with van der Waals surface area (Å²) < 4.78 is 38.5. The maximum Gasteiger partial charge on any atom is 0.407 e. The molecule has 90 valence electrons. The van der Waals surface area contributed by atoms with Gasteiger partial charge in [-0.15, -0.1) is 0 Å². The van der Waals surface area contributed by atoms with Gasteiger partial charge in [-0.25, -0.2) is 0 Å². The quantitative estimate of drug-likeness (QED) is 0.839. The Morgan fingerprint density at radius 2 is 1.88 bits per heavy atom. The normalized spacial score (nSPS) is 13.9. The van der Waals surface area contributed by atoms with Crippen LogP contribution in [0.25, 0.3) is 0 Å². The first-order valence-electron chi connectivity index (χ1n) is 5.24. The molecule has 0 spiro atoms. The summed E-state index contributed by atoms with van der Waals surface area (Å²) in [5.41, 5.74) is 1.89. The van der Waals surface area contributed by atoms with E-state index in [4.69, 9.17) is 0 Å². The smallest absolute Gasteiger partial charge is 0.303 e. The molecule has 0 fully saturated rings. The van der Waals surface area contributed by atoms with Gasteiger partial charge >= 0.3 is 6.18 Å². The fraction of sp³-hybridized carbons (Fsp3) is 0.500. The minimum absolute atomic E-state index is 0.289. The summed E-state index contributed by atoms with van der Waals surface area (Å²) >= 11 is 0. The third kappa shape index (κ3) is 2.76. The Hall–Kier alpha value is -1.03. The number of aryl methyl sites for hydroxylation is 1. The Morgan fingerprint density at radius 1 is 1.25 bits per heavy atom. The second-order valence-electron chi connectivity index (χ2n) is 3.82. The summed E-state index contributed by atoms with van der Waals surface area (Å²) in [7, 11) is 0. The molecule has 0 bridgehead atoms. The topological polar surface area (TPSA) is 12.0 Å². The molecule has 16 heavy (non-hydrogen) atoms. The molecule has 0 saturated heterocycles. The summed E-state index contributed by atoms with van der Waals surface area (Å²) in [4.78, 5) is 0. The Balaban J connectivity index is 3.16. The standard InChI is InChI=1S/C12H16F3N/c1-4-16-11(12(13,14)15)10-7-5-6-8(2)9(10)3/h5-7,11,16H,4H2,1-3H3. The van der Waals surface area contributed by atoms with Gasteiger partial charge < -0.3 is 5.32 Å². The molecule has 0 aromatic heterocycles. The lowest BCUT2D eigenvalue weighted by Crippen LogP contribution is -2.34. The average Bonchev–Trinajstić information content (AvgIpc) is 2.18. The molecule has 0 heterocycles. The zero-order valence-electron chi connectivity index (χ0n) is 9.65. The molecule has 1 aromatic carbocycles. The Morgan fingerprint density at radius 3 is 2.38 bits per heavy atom. The predicted octanol–water partition coefficient (Wildman–Crippen LogP) is 3.52. The van der Waals surface area contributed by atoms with E-state index in [1.54, 1.807) is 19.9 Å².